The van der Waals surface area contributed by atoms with Crippen molar-refractivity contribution in [1.82, 2.24) is 45.5 Å². The number of rotatable bonds is 19. The fourth-order valence-electron chi connectivity index (χ4n) is 9.20. The molecule has 4 amide bonds. The highest BCUT2D eigenvalue weighted by atomic mass is 35.5. The zero-order chi connectivity index (χ0) is 52.8. The number of piperidine rings is 1. The zero-order valence-electron chi connectivity index (χ0n) is 41.1. The zero-order valence-corrected chi connectivity index (χ0v) is 44.1. The van der Waals surface area contributed by atoms with Gasteiger partial charge < -0.3 is 30.9 Å². The van der Waals surface area contributed by atoms with E-state index >= 15 is 0 Å². The molecule has 2 fully saturated rings. The molecule has 2 atom stereocenters. The molecule has 8 rings (SSSR count). The van der Waals surface area contributed by atoms with Gasteiger partial charge in [0.2, 0.25) is 17.7 Å². The number of aliphatic hydroxyl groups is 1. The lowest BCUT2D eigenvalue weighted by atomic mass is 9.93. The molecular weight excluding hydrogens is 1040 g/mol. The van der Waals surface area contributed by atoms with Crippen molar-refractivity contribution >= 4 is 93.8 Å². The van der Waals surface area contributed by atoms with Gasteiger partial charge in [-0.1, -0.05) is 113 Å². The Morgan fingerprint density at radius 2 is 1.33 bits per heavy atom. The van der Waals surface area contributed by atoms with Crippen molar-refractivity contribution in [2.45, 2.75) is 31.5 Å². The number of nitrogens with one attached hydrogen (secondary N) is 4. The van der Waals surface area contributed by atoms with E-state index in [9.17, 15) is 29.1 Å². The summed E-state index contributed by atoms with van der Waals surface area (Å²) in [5, 5.41) is 23.9. The fraction of sp³-hybridized carbons (Fsp3) is 0.327. The summed E-state index contributed by atoms with van der Waals surface area (Å²) in [7, 11) is 0. The first-order valence-electron chi connectivity index (χ1n) is 24.7. The van der Waals surface area contributed by atoms with Crippen LogP contribution in [0, 0.1) is 0 Å². The minimum Gasteiger partial charge on any atom is -0.390 e. The Balaban J connectivity index is 0.792. The van der Waals surface area contributed by atoms with Crippen LogP contribution in [-0.2, 0) is 38.6 Å². The summed E-state index contributed by atoms with van der Waals surface area (Å²) in [6, 6.07) is 28.6. The number of fused-ring (bicyclic) bond motifs is 1. The maximum absolute atomic E-state index is 14.7. The predicted molar refractivity (Wildman–Crippen MR) is 293 cm³/mol. The van der Waals surface area contributed by atoms with Crippen LogP contribution >= 0.6 is 46.4 Å². The van der Waals surface area contributed by atoms with Gasteiger partial charge in [-0.15, -0.1) is 0 Å². The van der Waals surface area contributed by atoms with Crippen LogP contribution in [0.4, 0.5) is 5.82 Å². The maximum atomic E-state index is 14.7. The van der Waals surface area contributed by atoms with E-state index in [0.29, 0.717) is 100 Å². The number of amides is 4. The first-order chi connectivity index (χ1) is 36.2. The minimum absolute atomic E-state index is 0.0168. The van der Waals surface area contributed by atoms with Crippen molar-refractivity contribution in [3.8, 4) is 0 Å². The number of aromatic nitrogens is 2. The smallest absolute Gasteiger partial charge is 0.270 e. The number of carbonyl (C=O) groups is 5. The monoisotopic (exact) mass is 1090 g/mol. The van der Waals surface area contributed by atoms with Gasteiger partial charge in [0.25, 0.3) is 5.91 Å². The lowest BCUT2D eigenvalue weighted by Gasteiger charge is -2.35. The summed E-state index contributed by atoms with van der Waals surface area (Å²) in [6.07, 6.45) is 5.09. The molecule has 5 aromatic rings. The third-order valence-electron chi connectivity index (χ3n) is 13.2. The lowest BCUT2D eigenvalue weighted by molar-refractivity contribution is -0.134. The number of benzene rings is 4. The normalized spacial score (nSPS) is 17.1. The Bertz CT molecular complexity index is 2860. The van der Waals surface area contributed by atoms with Crippen LogP contribution in [-0.4, -0.2) is 161 Å². The van der Waals surface area contributed by atoms with Gasteiger partial charge >= 0.3 is 0 Å². The number of hydrogen-bond donors (Lipinski definition) is 5. The number of piperazine rings is 1. The first kappa shape index (κ1) is 55.0. The van der Waals surface area contributed by atoms with E-state index < -0.39 is 18.1 Å². The summed E-state index contributed by atoms with van der Waals surface area (Å²) in [5.41, 5.74) is 5.59. The van der Waals surface area contributed by atoms with Gasteiger partial charge in [0, 0.05) is 95.7 Å². The van der Waals surface area contributed by atoms with E-state index in [0.717, 1.165) is 25.1 Å². The number of hydrogen-bond acceptors (Lipinski definition) is 12. The van der Waals surface area contributed by atoms with Gasteiger partial charge in [-0.05, 0) is 77.1 Å². The van der Waals surface area contributed by atoms with E-state index in [4.69, 9.17) is 46.4 Å². The lowest BCUT2D eigenvalue weighted by Crippen LogP contribution is -2.55. The first-order valence-corrected chi connectivity index (χ1v) is 26.3. The third-order valence-corrected chi connectivity index (χ3v) is 14.7. The molecule has 75 heavy (non-hydrogen) atoms. The Labute approximate surface area is 456 Å². The Hall–Kier alpha value is -6.21. The fourth-order valence-corrected chi connectivity index (χ4v) is 9.81. The second kappa shape index (κ2) is 26.5. The summed E-state index contributed by atoms with van der Waals surface area (Å²) in [6.45, 7) is 4.98. The van der Waals surface area contributed by atoms with Crippen LogP contribution in [0.1, 0.15) is 38.3 Å². The summed E-state index contributed by atoms with van der Waals surface area (Å²) in [4.78, 5) is 84.1. The molecule has 2 saturated heterocycles. The average molecular weight is 1100 g/mol. The van der Waals surface area contributed by atoms with Crippen LogP contribution in [0.25, 0.3) is 12.2 Å². The molecule has 0 saturated carbocycles. The van der Waals surface area contributed by atoms with Gasteiger partial charge in [-0.2, -0.15) is 0 Å². The van der Waals surface area contributed by atoms with Crippen LogP contribution in [0.15, 0.2) is 115 Å². The number of halogens is 4. The quantitative estimate of drug-likeness (QED) is 0.0636. The summed E-state index contributed by atoms with van der Waals surface area (Å²) >= 11 is 25.0. The van der Waals surface area contributed by atoms with E-state index in [1.807, 2.05) is 42.5 Å². The van der Waals surface area contributed by atoms with Crippen molar-refractivity contribution in [1.29, 1.82) is 0 Å². The van der Waals surface area contributed by atoms with E-state index in [-0.39, 0.29) is 61.9 Å². The van der Waals surface area contributed by atoms with Crippen LogP contribution in [0.2, 0.25) is 20.1 Å². The topological polar surface area (TPSA) is 192 Å². The van der Waals surface area contributed by atoms with E-state index in [2.05, 4.69) is 53.2 Å². The van der Waals surface area contributed by atoms with Crippen LogP contribution < -0.4 is 21.3 Å². The second-order valence-corrected chi connectivity index (χ2v) is 20.3. The number of carbonyl (C=O) groups excluding carboxylic acids is 5. The molecule has 0 aliphatic carbocycles. The van der Waals surface area contributed by atoms with Crippen molar-refractivity contribution in [2.75, 3.05) is 90.4 Å². The Morgan fingerprint density at radius 1 is 0.680 bits per heavy atom. The number of likely N-dealkylation sites (tertiary alicyclic amines) is 1. The molecule has 4 aromatic carbocycles. The predicted octanol–water partition coefficient (Wildman–Crippen LogP) is 5.69. The third kappa shape index (κ3) is 15.7. The van der Waals surface area contributed by atoms with Gasteiger partial charge in [0.15, 0.2) is 5.78 Å². The SMILES string of the molecule is O=C(CNc1cc(C(=O)NCC(O)CN2CCc3ccccc3C2)ncn1)NCCN1CCN(C(=O)CNC(Cc2ccccc2)C(=O)N2C/C(=C\c3ccc(Cl)c(Cl)c3)C(=O)/C(=C/c3ccc(Cl)c(Cl)c3)C2)CC1. The minimum atomic E-state index is -0.808. The summed E-state index contributed by atoms with van der Waals surface area (Å²) < 4.78 is 0. The second-order valence-electron chi connectivity index (χ2n) is 18.7. The molecule has 20 heteroatoms. The van der Waals surface area contributed by atoms with Gasteiger partial charge in [0.05, 0.1) is 45.3 Å². The summed E-state index contributed by atoms with van der Waals surface area (Å²) in [5.74, 6) is -1.10. The van der Waals surface area contributed by atoms with Crippen molar-refractivity contribution < 1.29 is 29.1 Å². The molecule has 0 spiro atoms. The van der Waals surface area contributed by atoms with Crippen molar-refractivity contribution in [3.05, 3.63) is 168 Å². The molecule has 4 heterocycles. The number of nitrogens with zero attached hydrogens (tertiary/aromatic N) is 6. The van der Waals surface area contributed by atoms with Gasteiger partial charge in [-0.25, -0.2) is 9.97 Å². The average Bonchev–Trinajstić information content (AvgIpc) is 3.42. The molecule has 5 N–H and O–H groups in total. The Kier molecular flexibility index (Phi) is 19.5. The van der Waals surface area contributed by atoms with Crippen LogP contribution in [0.3, 0.4) is 0 Å². The molecule has 16 nitrogen and oxygen atoms in total. The Morgan fingerprint density at radius 3 is 2.00 bits per heavy atom. The number of β-amino-alcohol motifs (C(OH)–C–C–N with tert-alkyl or cyclic N) is 1. The molecule has 3 aliphatic rings. The van der Waals surface area contributed by atoms with Gasteiger partial charge in [0.1, 0.15) is 17.8 Å². The number of aliphatic hydroxyl groups excluding tert-OH is 1. The molecule has 0 bridgehead atoms. The maximum Gasteiger partial charge on any atom is 0.270 e. The van der Waals surface area contributed by atoms with E-state index in [1.165, 1.54) is 23.5 Å². The number of anilines is 1. The number of ketones is 1. The highest BCUT2D eigenvalue weighted by molar-refractivity contribution is 6.42. The van der Waals surface area contributed by atoms with E-state index in [1.54, 1.807) is 58.4 Å². The van der Waals surface area contributed by atoms with Crippen molar-refractivity contribution in [2.24, 2.45) is 0 Å². The molecule has 2 unspecified atom stereocenters. The highest BCUT2D eigenvalue weighted by Crippen LogP contribution is 2.29. The standard InChI is InChI=1S/C55H58Cl4N10O6/c56-44-12-10-37(24-46(44)58)22-41-32-69(33-42(53(41)73)23-38-11-13-45(57)47(59)25-38)55(75)49(26-36-6-2-1-3-7-36)61-30-52(72)68-20-18-66(19-21-68)17-15-60-51(71)29-62-50-27-48(64-35-65-50)54(74)63-28-43(70)34-67-16-14-39-8-4-5-9-40(39)31-67/h1-13,22-25,27,35,43,49,61,70H,14-21,26,28-34H2,(H,60,71)(H,63,74)(H,62,64,65)/b41-22+,42-23+. The molecule has 392 valence electrons. The van der Waals surface area contributed by atoms with Crippen LogP contribution in [0.5, 0.6) is 0 Å². The highest BCUT2D eigenvalue weighted by Gasteiger charge is 2.34. The van der Waals surface area contributed by atoms with Crippen molar-refractivity contribution in [3.63, 3.8) is 0 Å². The molecule has 1 aromatic heterocycles. The molecule has 0 radical (unpaired) electrons. The largest absolute Gasteiger partial charge is 0.390 e. The molecular formula is C55H58Cl4N10O6. The van der Waals surface area contributed by atoms with Gasteiger partial charge in [-0.3, -0.25) is 39.1 Å². The number of Topliss-reactive ketones (excluding diaryl/α,β-unsaturated/α-hetero) is 1. The molecule has 3 aliphatic heterocycles.